The van der Waals surface area contributed by atoms with Crippen molar-refractivity contribution in [2.24, 2.45) is 5.92 Å². The summed E-state index contributed by atoms with van der Waals surface area (Å²) < 4.78 is 32.6. The van der Waals surface area contributed by atoms with E-state index in [1.165, 1.54) is 19.2 Å². The molecule has 0 aliphatic carbocycles. The van der Waals surface area contributed by atoms with Crippen LogP contribution in [0.2, 0.25) is 5.02 Å². The number of H-pyrrole nitrogens is 1. The summed E-state index contributed by atoms with van der Waals surface area (Å²) in [4.78, 5) is 25.5. The van der Waals surface area contributed by atoms with Crippen LogP contribution in [0.1, 0.15) is 5.56 Å². The number of aromatic nitrogens is 2. The van der Waals surface area contributed by atoms with Gasteiger partial charge in [-0.2, -0.15) is 5.10 Å². The van der Waals surface area contributed by atoms with Crippen molar-refractivity contribution in [3.63, 3.8) is 0 Å². The van der Waals surface area contributed by atoms with Crippen LogP contribution in [0, 0.1) is 5.92 Å². The molecule has 1 aliphatic heterocycles. The fraction of sp³-hybridized carbons (Fsp3) is 0.227. The number of carbonyl (C=O) groups is 2. The van der Waals surface area contributed by atoms with Crippen LogP contribution in [-0.4, -0.2) is 54.9 Å². The lowest BCUT2D eigenvalue weighted by Crippen LogP contribution is -2.42. The quantitative estimate of drug-likeness (QED) is 0.511. The van der Waals surface area contributed by atoms with Crippen LogP contribution in [0.3, 0.4) is 0 Å². The van der Waals surface area contributed by atoms with E-state index >= 15 is 0 Å². The van der Waals surface area contributed by atoms with Gasteiger partial charge in [-0.25, -0.2) is 12.7 Å². The molecule has 0 bridgehead atoms. The van der Waals surface area contributed by atoms with Gasteiger partial charge in [0.15, 0.2) is 0 Å². The van der Waals surface area contributed by atoms with Crippen molar-refractivity contribution in [2.45, 2.75) is 11.3 Å². The van der Waals surface area contributed by atoms with Gasteiger partial charge in [0.2, 0.25) is 11.8 Å². The number of hydrogen-bond donors (Lipinski definition) is 2. The van der Waals surface area contributed by atoms with E-state index in [0.717, 1.165) is 0 Å². The summed E-state index contributed by atoms with van der Waals surface area (Å²) in [5.41, 5.74) is 2.00. The minimum absolute atomic E-state index is 0. The van der Waals surface area contributed by atoms with Gasteiger partial charge < -0.3 is 10.1 Å². The van der Waals surface area contributed by atoms with E-state index < -0.39 is 34.3 Å². The average molecular weight is 525 g/mol. The lowest BCUT2D eigenvalue weighted by molar-refractivity contribution is -0.131. The minimum atomic E-state index is -4.26. The summed E-state index contributed by atoms with van der Waals surface area (Å²) in [7, 11) is -2.77. The molecule has 2 aromatic carbocycles. The number of ether oxygens (including phenoxy) is 1. The van der Waals surface area contributed by atoms with Crippen LogP contribution in [0.25, 0.3) is 11.3 Å². The van der Waals surface area contributed by atoms with Gasteiger partial charge in [0.25, 0.3) is 10.0 Å². The number of nitrogens with one attached hydrogen (secondary N) is 2. The summed E-state index contributed by atoms with van der Waals surface area (Å²) in [5.74, 6) is -1.53. The van der Waals surface area contributed by atoms with Gasteiger partial charge in [-0.05, 0) is 48.4 Å². The number of nitrogens with zero attached hydrogens (tertiary/aromatic N) is 2. The Bertz CT molecular complexity index is 1280. The molecule has 1 saturated heterocycles. The second-order valence-corrected chi connectivity index (χ2v) is 9.79. The maximum absolute atomic E-state index is 13.3. The first-order chi connectivity index (χ1) is 15.8. The second-order valence-electron chi connectivity index (χ2n) is 7.50. The van der Waals surface area contributed by atoms with E-state index in [4.69, 9.17) is 16.3 Å². The fourth-order valence-corrected chi connectivity index (χ4v) is 5.28. The number of sulfonamides is 1. The van der Waals surface area contributed by atoms with Crippen molar-refractivity contribution in [1.29, 1.82) is 0 Å². The maximum atomic E-state index is 13.3. The highest BCUT2D eigenvalue weighted by molar-refractivity contribution is 7.89. The minimum Gasteiger partial charge on any atom is -0.496 e. The first-order valence-corrected chi connectivity index (χ1v) is 11.9. The highest BCUT2D eigenvalue weighted by Crippen LogP contribution is 2.28. The number of rotatable bonds is 6. The Morgan fingerprint density at radius 1 is 1.15 bits per heavy atom. The lowest BCUT2D eigenvalue weighted by Gasteiger charge is -2.23. The van der Waals surface area contributed by atoms with Crippen molar-refractivity contribution in [3.05, 3.63) is 65.3 Å². The Balaban J connectivity index is 0.00000324. The molecule has 34 heavy (non-hydrogen) atoms. The Morgan fingerprint density at radius 2 is 1.88 bits per heavy atom. The Morgan fingerprint density at radius 3 is 2.53 bits per heavy atom. The van der Waals surface area contributed by atoms with Crippen molar-refractivity contribution < 1.29 is 22.7 Å². The first-order valence-electron chi connectivity index (χ1n) is 10.1. The number of halogens is 2. The largest absolute Gasteiger partial charge is 0.496 e. The van der Waals surface area contributed by atoms with Crippen LogP contribution in [0.4, 0.5) is 0 Å². The molecule has 1 aliphatic rings. The molecule has 2 amide bonds. The number of carbonyl (C=O) groups excluding carboxylic acids is 2. The highest BCUT2D eigenvalue weighted by atomic mass is 35.5. The molecule has 9 nitrogen and oxygen atoms in total. The van der Waals surface area contributed by atoms with Gasteiger partial charge in [-0.15, -0.1) is 12.4 Å². The van der Waals surface area contributed by atoms with Crippen molar-refractivity contribution >= 4 is 45.8 Å². The zero-order valence-corrected chi connectivity index (χ0v) is 20.4. The number of amides is 2. The molecule has 12 heteroatoms. The first kappa shape index (κ1) is 25.5. The normalized spacial score (nSPS) is 16.4. The lowest BCUT2D eigenvalue weighted by atomic mass is 9.98. The predicted molar refractivity (Wildman–Crippen MR) is 128 cm³/mol. The summed E-state index contributed by atoms with van der Waals surface area (Å²) >= 11 is 6.09. The number of benzene rings is 2. The summed E-state index contributed by atoms with van der Waals surface area (Å²) in [6.45, 7) is -0.594. The van der Waals surface area contributed by atoms with Crippen molar-refractivity contribution in [2.75, 3.05) is 20.2 Å². The third-order valence-corrected chi connectivity index (χ3v) is 7.37. The molecule has 3 aromatic rings. The topological polar surface area (TPSA) is 121 Å². The molecule has 1 unspecified atom stereocenters. The zero-order valence-electron chi connectivity index (χ0n) is 18.0. The van der Waals surface area contributed by atoms with Gasteiger partial charge >= 0.3 is 0 Å². The van der Waals surface area contributed by atoms with Crippen LogP contribution >= 0.6 is 24.0 Å². The molecule has 0 spiro atoms. The Hall–Kier alpha value is -3.08. The summed E-state index contributed by atoms with van der Waals surface area (Å²) in [5, 5.41) is 9.84. The molecule has 180 valence electrons. The molecule has 0 saturated carbocycles. The van der Waals surface area contributed by atoms with Crippen LogP contribution in [0.15, 0.2) is 59.6 Å². The smallest absolute Gasteiger partial charge is 0.266 e. The Kier molecular flexibility index (Phi) is 7.86. The van der Waals surface area contributed by atoms with Gasteiger partial charge in [-0.1, -0.05) is 23.7 Å². The van der Waals surface area contributed by atoms with Crippen LogP contribution < -0.4 is 10.1 Å². The molecule has 2 N–H and O–H groups in total. The van der Waals surface area contributed by atoms with Gasteiger partial charge in [0.05, 0.1) is 23.6 Å². The fourth-order valence-electron chi connectivity index (χ4n) is 3.67. The van der Waals surface area contributed by atoms with Crippen LogP contribution in [0.5, 0.6) is 5.75 Å². The van der Waals surface area contributed by atoms with Gasteiger partial charge in [0.1, 0.15) is 12.3 Å². The molecule has 1 aromatic heterocycles. The maximum Gasteiger partial charge on any atom is 0.266 e. The SMILES string of the molecule is COc1ccc(Cl)cc1CC1CNC(=O)CN(S(=O)(=O)c2ccc(-c3cc[nH]n3)cc2)C1=O.Cl. The number of aromatic amines is 1. The highest BCUT2D eigenvalue weighted by Gasteiger charge is 2.38. The molecular formula is C22H22Cl2N4O5S. The molecule has 4 rings (SSSR count). The van der Waals surface area contributed by atoms with Gasteiger partial charge in [-0.3, -0.25) is 14.7 Å². The number of methoxy groups -OCH3 is 1. The van der Waals surface area contributed by atoms with E-state index in [2.05, 4.69) is 15.5 Å². The van der Waals surface area contributed by atoms with Gasteiger partial charge in [0, 0.05) is 23.3 Å². The third kappa shape index (κ3) is 5.19. The molecule has 2 heterocycles. The molecule has 0 radical (unpaired) electrons. The third-order valence-electron chi connectivity index (χ3n) is 5.38. The summed E-state index contributed by atoms with van der Waals surface area (Å²) in [6.07, 6.45) is 1.80. The van der Waals surface area contributed by atoms with E-state index in [0.29, 0.717) is 31.9 Å². The average Bonchev–Trinajstić information content (AvgIpc) is 3.30. The second kappa shape index (κ2) is 10.5. The monoisotopic (exact) mass is 524 g/mol. The molecule has 1 fully saturated rings. The van der Waals surface area contributed by atoms with E-state index in [1.54, 1.807) is 42.6 Å². The predicted octanol–water partition coefficient (Wildman–Crippen LogP) is 2.67. The van der Waals surface area contributed by atoms with E-state index in [1.807, 2.05) is 0 Å². The van der Waals surface area contributed by atoms with E-state index in [9.17, 15) is 18.0 Å². The van der Waals surface area contributed by atoms with Crippen LogP contribution in [-0.2, 0) is 26.0 Å². The molecular weight excluding hydrogens is 503 g/mol. The van der Waals surface area contributed by atoms with Crippen molar-refractivity contribution in [1.82, 2.24) is 19.8 Å². The number of hydrogen-bond acceptors (Lipinski definition) is 6. The Labute approximate surface area is 207 Å². The standard InChI is InChI=1S/C22H21ClN4O5S.ClH/c1-32-20-7-4-17(23)11-15(20)10-16-12-24-21(28)13-27(22(16)29)33(30,31)18-5-2-14(3-6-18)19-8-9-25-26-19;/h2-9,11,16H,10,12-13H2,1H3,(H,24,28)(H,25,26);1H. The van der Waals surface area contributed by atoms with Crippen molar-refractivity contribution in [3.8, 4) is 17.0 Å². The van der Waals surface area contributed by atoms with E-state index in [-0.39, 0.29) is 30.3 Å². The summed E-state index contributed by atoms with van der Waals surface area (Å²) in [6, 6.07) is 12.7. The molecule has 1 atom stereocenters. The zero-order chi connectivity index (χ0) is 23.6.